The Hall–Kier alpha value is -0.610. The Labute approximate surface area is 110 Å². The quantitative estimate of drug-likeness (QED) is 0.822. The highest BCUT2D eigenvalue weighted by molar-refractivity contribution is 5.82. The van der Waals surface area contributed by atoms with Crippen LogP contribution in [0.4, 0.5) is 0 Å². The summed E-state index contributed by atoms with van der Waals surface area (Å²) in [5.41, 5.74) is 5.98. The maximum atomic E-state index is 12.4. The van der Waals surface area contributed by atoms with E-state index in [1.165, 1.54) is 25.8 Å². The summed E-state index contributed by atoms with van der Waals surface area (Å²) in [6.07, 6.45) is 5.63. The summed E-state index contributed by atoms with van der Waals surface area (Å²) < 4.78 is 0. The molecule has 2 N–H and O–H groups in total. The number of piperazine rings is 1. The van der Waals surface area contributed by atoms with Gasteiger partial charge in [0.1, 0.15) is 0 Å². The van der Waals surface area contributed by atoms with Crippen LogP contribution in [0.15, 0.2) is 0 Å². The summed E-state index contributed by atoms with van der Waals surface area (Å²) in [5, 5.41) is 0. The van der Waals surface area contributed by atoms with E-state index in [1.807, 2.05) is 4.90 Å². The van der Waals surface area contributed by atoms with Crippen molar-refractivity contribution < 1.29 is 4.79 Å². The van der Waals surface area contributed by atoms with Crippen LogP contribution in [0.1, 0.15) is 46.0 Å². The average Bonchev–Trinajstić information content (AvgIpc) is 2.37. The first-order chi connectivity index (χ1) is 8.63. The molecule has 0 aromatic heterocycles. The van der Waals surface area contributed by atoms with Crippen molar-refractivity contribution in [2.75, 3.05) is 19.6 Å². The average molecular weight is 253 g/mol. The SMILES string of the molecule is CCC[C@@H](N)C(=O)N1CC2CCCCN2CC1C. The molecule has 0 aromatic carbocycles. The summed E-state index contributed by atoms with van der Waals surface area (Å²) in [7, 11) is 0. The number of rotatable bonds is 3. The van der Waals surface area contributed by atoms with Crippen LogP contribution in [-0.2, 0) is 4.79 Å². The van der Waals surface area contributed by atoms with E-state index in [1.54, 1.807) is 0 Å². The molecule has 104 valence electrons. The molecule has 0 bridgehead atoms. The maximum absolute atomic E-state index is 12.4. The number of amides is 1. The zero-order chi connectivity index (χ0) is 13.1. The lowest BCUT2D eigenvalue weighted by Crippen LogP contribution is -2.62. The minimum absolute atomic E-state index is 0.162. The van der Waals surface area contributed by atoms with E-state index in [0.29, 0.717) is 12.1 Å². The highest BCUT2D eigenvalue weighted by Gasteiger charge is 2.36. The van der Waals surface area contributed by atoms with E-state index in [-0.39, 0.29) is 11.9 Å². The van der Waals surface area contributed by atoms with Gasteiger partial charge >= 0.3 is 0 Å². The number of piperidine rings is 1. The van der Waals surface area contributed by atoms with Gasteiger partial charge in [0.15, 0.2) is 0 Å². The van der Waals surface area contributed by atoms with Crippen molar-refractivity contribution >= 4 is 5.91 Å². The third kappa shape index (κ3) is 2.86. The summed E-state index contributed by atoms with van der Waals surface area (Å²) in [6.45, 7) is 7.35. The van der Waals surface area contributed by atoms with Gasteiger partial charge in [-0.15, -0.1) is 0 Å². The Morgan fingerprint density at radius 1 is 1.39 bits per heavy atom. The van der Waals surface area contributed by atoms with Crippen molar-refractivity contribution in [1.82, 2.24) is 9.80 Å². The first-order valence-electron chi connectivity index (χ1n) is 7.43. The van der Waals surface area contributed by atoms with Crippen molar-refractivity contribution in [3.63, 3.8) is 0 Å². The molecule has 2 unspecified atom stereocenters. The predicted octanol–water partition coefficient (Wildman–Crippen LogP) is 1.20. The van der Waals surface area contributed by atoms with Crippen molar-refractivity contribution in [1.29, 1.82) is 0 Å². The van der Waals surface area contributed by atoms with Crippen molar-refractivity contribution in [3.05, 3.63) is 0 Å². The molecule has 3 atom stereocenters. The molecule has 2 saturated heterocycles. The van der Waals surface area contributed by atoms with Crippen molar-refractivity contribution in [2.24, 2.45) is 5.73 Å². The standard InChI is InChI=1S/C14H27N3O/c1-3-6-13(15)14(18)17-10-12-7-4-5-8-16(12)9-11(17)2/h11-13H,3-10,15H2,1-2H3/t11?,12?,13-/m1/s1. The largest absolute Gasteiger partial charge is 0.336 e. The van der Waals surface area contributed by atoms with Crippen LogP contribution in [0.5, 0.6) is 0 Å². The van der Waals surface area contributed by atoms with E-state index in [9.17, 15) is 4.79 Å². The molecule has 0 radical (unpaired) electrons. The molecule has 2 rings (SSSR count). The van der Waals surface area contributed by atoms with E-state index in [0.717, 1.165) is 25.9 Å². The second kappa shape index (κ2) is 6.02. The van der Waals surface area contributed by atoms with Crippen LogP contribution in [0.2, 0.25) is 0 Å². The molecule has 0 aromatic rings. The molecule has 2 aliphatic heterocycles. The zero-order valence-electron chi connectivity index (χ0n) is 11.8. The van der Waals surface area contributed by atoms with E-state index in [2.05, 4.69) is 18.7 Å². The topological polar surface area (TPSA) is 49.6 Å². The van der Waals surface area contributed by atoms with Gasteiger partial charge in [0.05, 0.1) is 6.04 Å². The van der Waals surface area contributed by atoms with E-state index in [4.69, 9.17) is 5.73 Å². The van der Waals surface area contributed by atoms with Gasteiger partial charge in [0, 0.05) is 25.2 Å². The number of carbonyl (C=O) groups excluding carboxylic acids is 1. The summed E-state index contributed by atoms with van der Waals surface area (Å²) in [5.74, 6) is 0.162. The zero-order valence-corrected chi connectivity index (χ0v) is 11.8. The Morgan fingerprint density at radius 2 is 2.17 bits per heavy atom. The highest BCUT2D eigenvalue weighted by atomic mass is 16.2. The lowest BCUT2D eigenvalue weighted by molar-refractivity contribution is -0.139. The van der Waals surface area contributed by atoms with Gasteiger partial charge in [-0.05, 0) is 32.7 Å². The fraction of sp³-hybridized carbons (Fsp3) is 0.929. The molecule has 0 spiro atoms. The summed E-state index contributed by atoms with van der Waals surface area (Å²) in [4.78, 5) is 16.9. The van der Waals surface area contributed by atoms with Gasteiger partial charge in [0.2, 0.25) is 5.91 Å². The van der Waals surface area contributed by atoms with Gasteiger partial charge in [-0.3, -0.25) is 9.69 Å². The van der Waals surface area contributed by atoms with Crippen LogP contribution in [0, 0.1) is 0 Å². The molecule has 4 nitrogen and oxygen atoms in total. The number of nitrogens with two attached hydrogens (primary N) is 1. The van der Waals surface area contributed by atoms with E-state index >= 15 is 0 Å². The lowest BCUT2D eigenvalue weighted by atomic mass is 9.96. The van der Waals surface area contributed by atoms with Gasteiger partial charge in [-0.1, -0.05) is 19.8 Å². The monoisotopic (exact) mass is 253 g/mol. The molecular weight excluding hydrogens is 226 g/mol. The molecule has 18 heavy (non-hydrogen) atoms. The summed E-state index contributed by atoms with van der Waals surface area (Å²) >= 11 is 0. The molecule has 0 aliphatic carbocycles. The van der Waals surface area contributed by atoms with E-state index < -0.39 is 0 Å². The maximum Gasteiger partial charge on any atom is 0.239 e. The molecular formula is C14H27N3O. The third-order valence-electron chi connectivity index (χ3n) is 4.39. The molecule has 0 saturated carbocycles. The smallest absolute Gasteiger partial charge is 0.239 e. The molecule has 1 amide bonds. The Balaban J connectivity index is 1.98. The number of hydrogen-bond acceptors (Lipinski definition) is 3. The molecule has 2 heterocycles. The fourth-order valence-corrected chi connectivity index (χ4v) is 3.31. The van der Waals surface area contributed by atoms with Gasteiger partial charge in [0.25, 0.3) is 0 Å². The number of carbonyl (C=O) groups is 1. The fourth-order valence-electron chi connectivity index (χ4n) is 3.31. The minimum atomic E-state index is -0.299. The van der Waals surface area contributed by atoms with Crippen LogP contribution in [0.25, 0.3) is 0 Å². The number of hydrogen-bond donors (Lipinski definition) is 1. The second-order valence-corrected chi connectivity index (χ2v) is 5.88. The van der Waals surface area contributed by atoms with Crippen molar-refractivity contribution in [3.8, 4) is 0 Å². The summed E-state index contributed by atoms with van der Waals surface area (Å²) in [6, 6.07) is 0.593. The van der Waals surface area contributed by atoms with Crippen molar-refractivity contribution in [2.45, 2.75) is 64.1 Å². The minimum Gasteiger partial charge on any atom is -0.336 e. The molecule has 4 heteroatoms. The van der Waals surface area contributed by atoms with Crippen LogP contribution in [0.3, 0.4) is 0 Å². The normalized spacial score (nSPS) is 30.9. The lowest BCUT2D eigenvalue weighted by Gasteiger charge is -2.48. The Bertz CT molecular complexity index is 295. The third-order valence-corrected chi connectivity index (χ3v) is 4.39. The van der Waals surface area contributed by atoms with Gasteiger partial charge < -0.3 is 10.6 Å². The molecule has 2 aliphatic rings. The van der Waals surface area contributed by atoms with Gasteiger partial charge in [-0.25, -0.2) is 0 Å². The Morgan fingerprint density at radius 3 is 2.89 bits per heavy atom. The first kappa shape index (κ1) is 13.8. The van der Waals surface area contributed by atoms with Crippen LogP contribution in [-0.4, -0.2) is 53.5 Å². The van der Waals surface area contributed by atoms with Gasteiger partial charge in [-0.2, -0.15) is 0 Å². The van der Waals surface area contributed by atoms with Crippen LogP contribution >= 0.6 is 0 Å². The first-order valence-corrected chi connectivity index (χ1v) is 7.43. The predicted molar refractivity (Wildman–Crippen MR) is 73.3 cm³/mol. The molecule has 2 fully saturated rings. The Kier molecular flexibility index (Phi) is 4.62. The number of fused-ring (bicyclic) bond motifs is 1. The highest BCUT2D eigenvalue weighted by Crippen LogP contribution is 2.24. The second-order valence-electron chi connectivity index (χ2n) is 5.88. The van der Waals surface area contributed by atoms with Crippen LogP contribution < -0.4 is 5.73 Å². The number of nitrogens with zero attached hydrogens (tertiary/aromatic N) is 2.